The Bertz CT molecular complexity index is 503. The lowest BCUT2D eigenvalue weighted by Gasteiger charge is -2.53. The van der Waals surface area contributed by atoms with Crippen LogP contribution < -0.4 is 5.32 Å². The van der Waals surface area contributed by atoms with Crippen LogP contribution >= 0.6 is 0 Å². The van der Waals surface area contributed by atoms with E-state index in [9.17, 15) is 9.59 Å². The molecule has 25 heavy (non-hydrogen) atoms. The molecule has 5 fully saturated rings. The Morgan fingerprint density at radius 3 is 2.24 bits per heavy atom. The van der Waals surface area contributed by atoms with Crippen LogP contribution in [0, 0.1) is 41.4 Å². The lowest BCUT2D eigenvalue weighted by atomic mass is 9.52. The molecular formula is C21H33NO3. The van der Waals surface area contributed by atoms with Gasteiger partial charge < -0.3 is 10.1 Å². The van der Waals surface area contributed by atoms with Crippen LogP contribution in [-0.2, 0) is 14.3 Å². The molecule has 4 heteroatoms. The Kier molecular flexibility index (Phi) is 4.81. The average Bonchev–Trinajstić information content (AvgIpc) is 2.56. The quantitative estimate of drug-likeness (QED) is 0.791. The molecule has 5 saturated carbocycles. The van der Waals surface area contributed by atoms with Crippen molar-refractivity contribution in [2.24, 2.45) is 41.4 Å². The summed E-state index contributed by atoms with van der Waals surface area (Å²) in [5, 5.41) is 3.11. The molecule has 4 nitrogen and oxygen atoms in total. The molecule has 0 spiro atoms. The molecule has 1 amide bonds. The van der Waals surface area contributed by atoms with Crippen LogP contribution in [0.3, 0.4) is 0 Å². The van der Waals surface area contributed by atoms with Crippen molar-refractivity contribution in [2.75, 3.05) is 6.61 Å². The van der Waals surface area contributed by atoms with Gasteiger partial charge in [-0.1, -0.05) is 26.7 Å². The molecular weight excluding hydrogens is 314 g/mol. The van der Waals surface area contributed by atoms with E-state index in [-0.39, 0.29) is 30.4 Å². The fraction of sp³-hybridized carbons (Fsp3) is 0.905. The van der Waals surface area contributed by atoms with Gasteiger partial charge in [0.05, 0.1) is 5.92 Å². The van der Waals surface area contributed by atoms with Crippen LogP contribution in [0.2, 0.25) is 0 Å². The van der Waals surface area contributed by atoms with Gasteiger partial charge in [-0.25, -0.2) is 0 Å². The number of hydrogen-bond acceptors (Lipinski definition) is 3. The first-order chi connectivity index (χ1) is 12.0. The van der Waals surface area contributed by atoms with Gasteiger partial charge >= 0.3 is 5.97 Å². The zero-order chi connectivity index (χ0) is 17.6. The summed E-state index contributed by atoms with van der Waals surface area (Å²) in [6.45, 7) is 4.38. The van der Waals surface area contributed by atoms with Gasteiger partial charge in [0.15, 0.2) is 6.61 Å². The van der Waals surface area contributed by atoms with Gasteiger partial charge in [0.2, 0.25) is 0 Å². The van der Waals surface area contributed by atoms with Gasteiger partial charge in [0, 0.05) is 6.04 Å². The third-order valence-corrected chi connectivity index (χ3v) is 7.90. The van der Waals surface area contributed by atoms with E-state index in [1.807, 2.05) is 0 Å². The maximum Gasteiger partial charge on any atom is 0.310 e. The van der Waals surface area contributed by atoms with Crippen molar-refractivity contribution in [3.8, 4) is 0 Å². The van der Waals surface area contributed by atoms with E-state index in [1.165, 1.54) is 44.9 Å². The van der Waals surface area contributed by atoms with Gasteiger partial charge in [0.1, 0.15) is 0 Å². The second kappa shape index (κ2) is 6.92. The first-order valence-electron chi connectivity index (χ1n) is 10.5. The SMILES string of the molecule is C[C@@H]1[C@H](C)CCC[C@@H]1NC(=O)COC(=O)C1C2CC3CC(C2)CC1C3. The number of rotatable bonds is 4. The molecule has 0 aromatic rings. The largest absolute Gasteiger partial charge is 0.455 e. The van der Waals surface area contributed by atoms with E-state index in [0.29, 0.717) is 23.7 Å². The highest BCUT2D eigenvalue weighted by molar-refractivity contribution is 5.81. The van der Waals surface area contributed by atoms with Gasteiger partial charge in [-0.3, -0.25) is 9.59 Å². The monoisotopic (exact) mass is 347 g/mol. The molecule has 0 aliphatic heterocycles. The Labute approximate surface area is 151 Å². The van der Waals surface area contributed by atoms with Crippen LogP contribution in [0.5, 0.6) is 0 Å². The summed E-state index contributed by atoms with van der Waals surface area (Å²) < 4.78 is 5.48. The van der Waals surface area contributed by atoms with E-state index >= 15 is 0 Å². The Balaban J connectivity index is 1.27. The number of hydrogen-bond donors (Lipinski definition) is 1. The van der Waals surface area contributed by atoms with Crippen molar-refractivity contribution in [3.05, 3.63) is 0 Å². The van der Waals surface area contributed by atoms with E-state index < -0.39 is 0 Å². The fourth-order valence-electron chi connectivity index (χ4n) is 6.58. The van der Waals surface area contributed by atoms with Crippen molar-refractivity contribution in [3.63, 3.8) is 0 Å². The number of carbonyl (C=O) groups excluding carboxylic acids is 2. The maximum absolute atomic E-state index is 12.6. The molecule has 3 atom stereocenters. The van der Waals surface area contributed by atoms with Crippen molar-refractivity contribution < 1.29 is 14.3 Å². The molecule has 5 rings (SSSR count). The van der Waals surface area contributed by atoms with Gasteiger partial charge in [0.25, 0.3) is 5.91 Å². The maximum atomic E-state index is 12.6. The highest BCUT2D eigenvalue weighted by atomic mass is 16.5. The Hall–Kier alpha value is -1.06. The summed E-state index contributed by atoms with van der Waals surface area (Å²) >= 11 is 0. The molecule has 5 aliphatic carbocycles. The Morgan fingerprint density at radius 1 is 0.960 bits per heavy atom. The average molecular weight is 347 g/mol. The number of nitrogens with one attached hydrogen (secondary N) is 1. The molecule has 0 saturated heterocycles. The minimum Gasteiger partial charge on any atom is -0.455 e. The predicted molar refractivity (Wildman–Crippen MR) is 95.6 cm³/mol. The molecule has 0 unspecified atom stereocenters. The summed E-state index contributed by atoms with van der Waals surface area (Å²) in [5.41, 5.74) is 0. The standard InChI is InChI=1S/C21H33NO3/c1-12-4-3-5-18(13(12)2)22-19(23)11-25-21(24)20-16-7-14-6-15(9-16)10-17(20)8-14/h12-18,20H,3-11H2,1-2H3,(H,22,23)/t12-,13-,14?,15?,16?,17?,18+,20?/m1/s1. The Morgan fingerprint density at radius 2 is 1.60 bits per heavy atom. The highest BCUT2D eigenvalue weighted by Crippen LogP contribution is 2.56. The molecule has 0 radical (unpaired) electrons. The molecule has 140 valence electrons. The third kappa shape index (κ3) is 3.46. The fourth-order valence-corrected chi connectivity index (χ4v) is 6.58. The molecule has 0 aromatic heterocycles. The molecule has 0 heterocycles. The summed E-state index contributed by atoms with van der Waals surface area (Å²) in [6.07, 6.45) is 9.66. The molecule has 1 N–H and O–H groups in total. The van der Waals surface area contributed by atoms with Crippen molar-refractivity contribution in [1.82, 2.24) is 5.32 Å². The van der Waals surface area contributed by atoms with Crippen molar-refractivity contribution in [2.45, 2.75) is 71.3 Å². The first kappa shape index (κ1) is 17.4. The lowest BCUT2D eigenvalue weighted by molar-refractivity contribution is -0.165. The smallest absolute Gasteiger partial charge is 0.310 e. The number of esters is 1. The lowest BCUT2D eigenvalue weighted by Crippen LogP contribution is -2.49. The molecule has 5 aliphatic rings. The van der Waals surface area contributed by atoms with Crippen LogP contribution in [-0.4, -0.2) is 24.5 Å². The van der Waals surface area contributed by atoms with Crippen molar-refractivity contribution >= 4 is 11.9 Å². The van der Waals surface area contributed by atoms with Crippen LogP contribution in [0.15, 0.2) is 0 Å². The van der Waals surface area contributed by atoms with Crippen molar-refractivity contribution in [1.29, 1.82) is 0 Å². The van der Waals surface area contributed by atoms with E-state index in [1.54, 1.807) is 0 Å². The minimum absolute atomic E-state index is 0.0641. The summed E-state index contributed by atoms with van der Waals surface area (Å²) in [4.78, 5) is 24.9. The molecule has 0 aromatic carbocycles. The van der Waals surface area contributed by atoms with E-state index in [2.05, 4.69) is 19.2 Å². The number of ether oxygens (including phenoxy) is 1. The van der Waals surface area contributed by atoms with Crippen LogP contribution in [0.25, 0.3) is 0 Å². The van der Waals surface area contributed by atoms with Gasteiger partial charge in [-0.05, 0) is 74.0 Å². The predicted octanol–water partition coefficient (Wildman–Crippen LogP) is 3.54. The van der Waals surface area contributed by atoms with Crippen LogP contribution in [0.4, 0.5) is 0 Å². The third-order valence-electron chi connectivity index (χ3n) is 7.90. The minimum atomic E-state index is -0.122. The number of carbonyl (C=O) groups is 2. The summed E-state index contributed by atoms with van der Waals surface area (Å²) in [7, 11) is 0. The normalized spacial score (nSPS) is 45.2. The second-order valence-corrected chi connectivity index (χ2v) is 9.51. The molecule has 4 bridgehead atoms. The second-order valence-electron chi connectivity index (χ2n) is 9.51. The summed E-state index contributed by atoms with van der Waals surface area (Å²) in [5.74, 6) is 3.73. The first-order valence-corrected chi connectivity index (χ1v) is 10.5. The van der Waals surface area contributed by atoms with E-state index in [4.69, 9.17) is 4.74 Å². The van der Waals surface area contributed by atoms with E-state index in [0.717, 1.165) is 18.3 Å². The summed E-state index contributed by atoms with van der Waals surface area (Å²) in [6, 6.07) is 0.233. The zero-order valence-electron chi connectivity index (χ0n) is 15.7. The highest BCUT2D eigenvalue weighted by Gasteiger charge is 2.51. The van der Waals surface area contributed by atoms with Gasteiger partial charge in [-0.2, -0.15) is 0 Å². The van der Waals surface area contributed by atoms with Gasteiger partial charge in [-0.15, -0.1) is 0 Å². The van der Waals surface area contributed by atoms with Crippen LogP contribution in [0.1, 0.15) is 65.2 Å². The topological polar surface area (TPSA) is 55.4 Å². The zero-order valence-corrected chi connectivity index (χ0v) is 15.7. The number of amides is 1.